The standard InChI is InChI=1S/C4H10OSi.2CF.3O/c1-2-4-6-5-3-1;2*1-2;;;/h1-4,6H2;;;;;/q;2*+3;3*-2. The predicted octanol–water partition coefficient (Wildman–Crippen LogP) is 0.945. The fourth-order valence-electron chi connectivity index (χ4n) is 0.687. The topological polar surface area (TPSA) is 94.7 Å². The molecule has 0 bridgehead atoms. The SMILES string of the molecule is C1CC[SiH2]OC1.[C+3]F.[C+3]F.[O-2].[O-2].[O-2]. The molecule has 1 saturated heterocycles. The molecule has 0 unspecified atom stereocenters. The minimum Gasteiger partial charge on any atom is -2.00 e. The van der Waals surface area contributed by atoms with Gasteiger partial charge in [0.1, 0.15) is 0 Å². The molecule has 0 radical (unpaired) electrons. The van der Waals surface area contributed by atoms with E-state index >= 15 is 0 Å². The van der Waals surface area contributed by atoms with Gasteiger partial charge in [-0.2, -0.15) is 0 Å². The molecule has 0 atom stereocenters. The van der Waals surface area contributed by atoms with Gasteiger partial charge in [0.25, 0.3) is 0 Å². The fraction of sp³-hybridized carbons (Fsp3) is 0.667. The predicted molar refractivity (Wildman–Crippen MR) is 39.3 cm³/mol. The third-order valence-electron chi connectivity index (χ3n) is 1.08. The van der Waals surface area contributed by atoms with E-state index < -0.39 is 0 Å². The third kappa shape index (κ3) is 33.5. The van der Waals surface area contributed by atoms with Crippen LogP contribution >= 0.6 is 0 Å². The normalized spacial score (nSPS) is 14.0. The van der Waals surface area contributed by atoms with Gasteiger partial charge >= 0.3 is 23.1 Å². The van der Waals surface area contributed by atoms with Crippen molar-refractivity contribution in [2.24, 2.45) is 0 Å². The first-order chi connectivity index (χ1) is 5.00. The molecular formula is C6H10F2O4Si. The van der Waals surface area contributed by atoms with E-state index in [0.29, 0.717) is 0 Å². The monoisotopic (exact) mass is 212 g/mol. The Kier molecular flexibility index (Phi) is 91.3. The average molecular weight is 212 g/mol. The van der Waals surface area contributed by atoms with Crippen LogP contribution in [-0.2, 0) is 20.9 Å². The van der Waals surface area contributed by atoms with Crippen molar-refractivity contribution in [3.8, 4) is 0 Å². The van der Waals surface area contributed by atoms with Gasteiger partial charge < -0.3 is 20.9 Å². The summed E-state index contributed by atoms with van der Waals surface area (Å²) < 4.78 is 22.7. The van der Waals surface area contributed by atoms with Gasteiger partial charge in [0.05, 0.1) is 0 Å². The maximum Gasteiger partial charge on any atom is -2.00 e. The van der Waals surface area contributed by atoms with Gasteiger partial charge in [-0.15, -0.1) is 0 Å². The minimum atomic E-state index is 0. The van der Waals surface area contributed by atoms with Gasteiger partial charge in [-0.25, -0.2) is 0 Å². The van der Waals surface area contributed by atoms with E-state index in [1.54, 1.807) is 0 Å². The Morgan fingerprint density at radius 1 is 0.923 bits per heavy atom. The van der Waals surface area contributed by atoms with Crippen LogP contribution in [0.15, 0.2) is 0 Å². The van der Waals surface area contributed by atoms with Crippen LogP contribution in [0.25, 0.3) is 0 Å². The quantitative estimate of drug-likeness (QED) is 0.549. The van der Waals surface area contributed by atoms with Gasteiger partial charge in [-0.1, -0.05) is 6.42 Å². The number of rotatable bonds is 0. The average Bonchev–Trinajstić information content (AvgIpc) is 2.14. The first-order valence-corrected chi connectivity index (χ1v) is 4.53. The molecule has 0 aromatic heterocycles. The smallest absolute Gasteiger partial charge is 2.00 e. The molecule has 0 aromatic carbocycles. The van der Waals surface area contributed by atoms with Crippen LogP contribution in [0.3, 0.4) is 0 Å². The first kappa shape index (κ1) is 29.3. The Labute approximate surface area is 80.2 Å². The maximum absolute atomic E-state index is 8.75. The summed E-state index contributed by atoms with van der Waals surface area (Å²) in [7, 11) is 8.51. The second-order valence-corrected chi connectivity index (χ2v) is 3.20. The summed E-state index contributed by atoms with van der Waals surface area (Å²) in [5.74, 6) is 0. The summed E-state index contributed by atoms with van der Waals surface area (Å²) in [5.41, 5.74) is 0. The van der Waals surface area contributed by atoms with Gasteiger partial charge in [0.15, 0.2) is 9.76 Å². The number of hydrogen-bond acceptors (Lipinski definition) is 1. The summed E-state index contributed by atoms with van der Waals surface area (Å²) in [6.07, 6.45) is 2.75. The molecule has 76 valence electrons. The molecule has 0 saturated carbocycles. The summed E-state index contributed by atoms with van der Waals surface area (Å²) in [4.78, 5) is 0. The van der Waals surface area contributed by atoms with E-state index in [-0.39, 0.29) is 26.2 Å². The Balaban J connectivity index is -0.0000000277. The number of halogens is 2. The van der Waals surface area contributed by atoms with Gasteiger partial charge in [0, 0.05) is 6.61 Å². The Hall–Kier alpha value is -0.0831. The Morgan fingerprint density at radius 2 is 1.38 bits per heavy atom. The zero-order chi connectivity index (χ0) is 8.24. The largest absolute Gasteiger partial charge is 2.00 e. The van der Waals surface area contributed by atoms with Crippen LogP contribution in [0.1, 0.15) is 12.8 Å². The Morgan fingerprint density at radius 3 is 1.46 bits per heavy atom. The van der Waals surface area contributed by atoms with Crippen molar-refractivity contribution in [2.45, 2.75) is 18.9 Å². The molecule has 1 aliphatic heterocycles. The summed E-state index contributed by atoms with van der Waals surface area (Å²) in [6, 6.07) is 1.42. The summed E-state index contributed by atoms with van der Waals surface area (Å²) >= 11 is 0. The van der Waals surface area contributed by atoms with Gasteiger partial charge in [0.2, 0.25) is 0 Å². The Bertz CT molecular complexity index is 38.1. The summed E-state index contributed by atoms with van der Waals surface area (Å²) in [5, 5.41) is 0. The minimum absolute atomic E-state index is 0. The second-order valence-electron chi connectivity index (χ2n) is 1.67. The van der Waals surface area contributed by atoms with Crippen molar-refractivity contribution in [3.63, 3.8) is 0 Å². The van der Waals surface area contributed by atoms with Crippen molar-refractivity contribution in [1.29, 1.82) is 0 Å². The van der Waals surface area contributed by atoms with E-state index in [4.69, 9.17) is 13.2 Å². The molecule has 4 nitrogen and oxygen atoms in total. The molecular weight excluding hydrogens is 202 g/mol. The molecule has 0 aliphatic carbocycles. The van der Waals surface area contributed by atoms with Crippen molar-refractivity contribution < 1.29 is 29.6 Å². The molecule has 1 rings (SSSR count). The van der Waals surface area contributed by atoms with Crippen LogP contribution in [0.5, 0.6) is 0 Å². The molecule has 0 spiro atoms. The zero-order valence-corrected chi connectivity index (χ0v) is 8.34. The molecule has 1 fully saturated rings. The molecule has 1 heterocycles. The number of hydrogen-bond donors (Lipinski definition) is 0. The van der Waals surface area contributed by atoms with Crippen molar-refractivity contribution in [2.75, 3.05) is 6.61 Å². The molecule has 7 heteroatoms. The molecule has 0 amide bonds. The fourth-order valence-corrected chi connectivity index (χ4v) is 1.86. The third-order valence-corrected chi connectivity index (χ3v) is 2.44. The zero-order valence-electron chi connectivity index (χ0n) is 6.92. The van der Waals surface area contributed by atoms with E-state index in [0.717, 1.165) is 6.61 Å². The van der Waals surface area contributed by atoms with E-state index in [2.05, 4.69) is 14.4 Å². The van der Waals surface area contributed by atoms with E-state index in [1.807, 2.05) is 0 Å². The molecule has 0 N–H and O–H groups in total. The van der Waals surface area contributed by atoms with E-state index in [1.165, 1.54) is 18.9 Å². The van der Waals surface area contributed by atoms with Crippen LogP contribution in [-0.4, -0.2) is 16.4 Å². The van der Waals surface area contributed by atoms with Crippen LogP contribution in [0, 0.1) is 14.4 Å². The van der Waals surface area contributed by atoms with Gasteiger partial charge in [-0.3, -0.25) is 0 Å². The van der Waals surface area contributed by atoms with Crippen molar-refractivity contribution >= 4 is 9.76 Å². The van der Waals surface area contributed by atoms with Crippen molar-refractivity contribution in [1.82, 2.24) is 0 Å². The molecule has 1 aliphatic rings. The molecule has 13 heavy (non-hydrogen) atoms. The van der Waals surface area contributed by atoms with E-state index in [9.17, 15) is 0 Å². The maximum atomic E-state index is 8.75. The first-order valence-electron chi connectivity index (χ1n) is 2.96. The van der Waals surface area contributed by atoms with Gasteiger partial charge in [-0.05, 0) is 12.5 Å². The molecule has 0 aromatic rings. The van der Waals surface area contributed by atoms with Crippen LogP contribution in [0.2, 0.25) is 6.04 Å². The van der Waals surface area contributed by atoms with Crippen molar-refractivity contribution in [3.05, 3.63) is 14.4 Å². The second kappa shape index (κ2) is 40.6. The summed E-state index contributed by atoms with van der Waals surface area (Å²) in [6.45, 7) is 1.06. The van der Waals surface area contributed by atoms with Crippen LogP contribution in [0.4, 0.5) is 8.78 Å². The van der Waals surface area contributed by atoms with Crippen LogP contribution < -0.4 is 0 Å².